The van der Waals surface area contributed by atoms with Crippen LogP contribution in [-0.2, 0) is 0 Å². The Kier molecular flexibility index (Phi) is 3.79. The van der Waals surface area contributed by atoms with Crippen molar-refractivity contribution in [1.82, 2.24) is 9.97 Å². The Balaban J connectivity index is 1.78. The highest BCUT2D eigenvalue weighted by Crippen LogP contribution is 2.36. The first kappa shape index (κ1) is 16.7. The number of hydrogen-bond acceptors (Lipinski definition) is 5. The molecule has 2 heterocycles. The molecule has 5 aromatic rings. The number of fused-ring (bicyclic) bond motifs is 3. The third-order valence-corrected chi connectivity index (χ3v) is 4.84. The van der Waals surface area contributed by atoms with Gasteiger partial charge < -0.3 is 4.42 Å². The van der Waals surface area contributed by atoms with Gasteiger partial charge in [-0.15, -0.1) is 0 Å². The lowest BCUT2D eigenvalue weighted by molar-refractivity contribution is 0.663. The fourth-order valence-electron chi connectivity index (χ4n) is 3.54. The van der Waals surface area contributed by atoms with Crippen LogP contribution in [-0.4, -0.2) is 9.97 Å². The quantitative estimate of drug-likeness (QED) is 0.411. The molecule has 134 valence electrons. The minimum Gasteiger partial charge on any atom is -0.451 e. The van der Waals surface area contributed by atoms with E-state index in [4.69, 9.17) is 4.42 Å². The maximum absolute atomic E-state index is 9.37. The lowest BCUT2D eigenvalue weighted by Gasteiger charge is -2.10. The zero-order valence-corrected chi connectivity index (χ0v) is 15.1. The maximum atomic E-state index is 9.37. The van der Waals surface area contributed by atoms with Crippen LogP contribution in [0, 0.1) is 22.7 Å². The van der Waals surface area contributed by atoms with Gasteiger partial charge >= 0.3 is 0 Å². The average Bonchev–Trinajstić information content (AvgIpc) is 3.17. The van der Waals surface area contributed by atoms with Crippen LogP contribution in [0.2, 0.25) is 0 Å². The largest absolute Gasteiger partial charge is 0.451 e. The highest BCUT2D eigenvalue weighted by molar-refractivity contribution is 6.05. The maximum Gasteiger partial charge on any atom is 0.234 e. The van der Waals surface area contributed by atoms with E-state index in [2.05, 4.69) is 34.2 Å². The molecule has 3 aromatic carbocycles. The van der Waals surface area contributed by atoms with Crippen molar-refractivity contribution in [2.75, 3.05) is 0 Å². The summed E-state index contributed by atoms with van der Waals surface area (Å²) in [6.45, 7) is 0. The van der Waals surface area contributed by atoms with Crippen LogP contribution >= 0.6 is 0 Å². The summed E-state index contributed by atoms with van der Waals surface area (Å²) < 4.78 is 5.82. The summed E-state index contributed by atoms with van der Waals surface area (Å²) >= 11 is 0. The molecule has 0 amide bonds. The predicted molar refractivity (Wildman–Crippen MR) is 110 cm³/mol. The molecule has 29 heavy (non-hydrogen) atoms. The Morgan fingerprint density at radius 2 is 1.45 bits per heavy atom. The van der Waals surface area contributed by atoms with Crippen molar-refractivity contribution in [3.63, 3.8) is 0 Å². The van der Waals surface area contributed by atoms with Gasteiger partial charge in [-0.3, -0.25) is 0 Å². The Bertz CT molecular complexity index is 1470. The SMILES string of the molecule is N#Cc1nc(C#N)c2oc3ccc(-c4ccccc4-c4ccccc4)cc3c2n1. The van der Waals surface area contributed by atoms with Crippen LogP contribution in [0.5, 0.6) is 0 Å². The summed E-state index contributed by atoms with van der Waals surface area (Å²) in [5, 5.41) is 19.3. The summed E-state index contributed by atoms with van der Waals surface area (Å²) in [5.74, 6) is -0.0492. The first-order chi connectivity index (χ1) is 14.3. The molecule has 0 saturated carbocycles. The van der Waals surface area contributed by atoms with E-state index in [1.807, 2.05) is 60.7 Å². The van der Waals surface area contributed by atoms with Crippen molar-refractivity contribution in [3.8, 4) is 34.4 Å². The van der Waals surface area contributed by atoms with Crippen molar-refractivity contribution in [2.24, 2.45) is 0 Å². The van der Waals surface area contributed by atoms with Gasteiger partial charge in [-0.25, -0.2) is 9.97 Å². The summed E-state index contributed by atoms with van der Waals surface area (Å²) in [7, 11) is 0. The first-order valence-corrected chi connectivity index (χ1v) is 8.98. The van der Waals surface area contributed by atoms with E-state index in [0.29, 0.717) is 16.7 Å². The summed E-state index contributed by atoms with van der Waals surface area (Å²) in [5.41, 5.74) is 5.75. The van der Waals surface area contributed by atoms with Gasteiger partial charge in [-0.2, -0.15) is 10.5 Å². The molecular weight excluding hydrogens is 360 g/mol. The summed E-state index contributed by atoms with van der Waals surface area (Å²) in [6.07, 6.45) is 0. The van der Waals surface area contributed by atoms with Crippen LogP contribution in [0.4, 0.5) is 0 Å². The van der Waals surface area contributed by atoms with Gasteiger partial charge in [-0.05, 0) is 34.4 Å². The van der Waals surface area contributed by atoms with E-state index in [9.17, 15) is 10.5 Å². The van der Waals surface area contributed by atoms with E-state index in [0.717, 1.165) is 27.6 Å². The van der Waals surface area contributed by atoms with Gasteiger partial charge in [0.25, 0.3) is 0 Å². The molecule has 2 aromatic heterocycles. The van der Waals surface area contributed by atoms with Crippen molar-refractivity contribution in [3.05, 3.63) is 84.3 Å². The van der Waals surface area contributed by atoms with Gasteiger partial charge in [-0.1, -0.05) is 60.7 Å². The predicted octanol–water partition coefficient (Wildman–Crippen LogP) is 5.45. The fourth-order valence-corrected chi connectivity index (χ4v) is 3.54. The highest BCUT2D eigenvalue weighted by atomic mass is 16.3. The molecular formula is C24H12N4O. The molecule has 5 rings (SSSR count). The van der Waals surface area contributed by atoms with E-state index >= 15 is 0 Å². The van der Waals surface area contributed by atoms with E-state index in [1.54, 1.807) is 0 Å². The zero-order valence-electron chi connectivity index (χ0n) is 15.1. The molecule has 0 spiro atoms. The Morgan fingerprint density at radius 1 is 0.724 bits per heavy atom. The zero-order chi connectivity index (χ0) is 19.8. The molecule has 0 aliphatic heterocycles. The Morgan fingerprint density at radius 3 is 2.17 bits per heavy atom. The third kappa shape index (κ3) is 2.70. The molecule has 5 heteroatoms. The smallest absolute Gasteiger partial charge is 0.234 e. The van der Waals surface area contributed by atoms with Gasteiger partial charge in [0.15, 0.2) is 11.3 Å². The van der Waals surface area contributed by atoms with E-state index in [-0.39, 0.29) is 11.5 Å². The van der Waals surface area contributed by atoms with Crippen molar-refractivity contribution < 1.29 is 4.42 Å². The molecule has 5 nitrogen and oxygen atoms in total. The van der Waals surface area contributed by atoms with Gasteiger partial charge in [0.2, 0.25) is 5.82 Å². The van der Waals surface area contributed by atoms with Gasteiger partial charge in [0, 0.05) is 5.39 Å². The van der Waals surface area contributed by atoms with Gasteiger partial charge in [0.1, 0.15) is 23.2 Å². The second-order valence-corrected chi connectivity index (χ2v) is 6.52. The van der Waals surface area contributed by atoms with Crippen LogP contribution in [0.15, 0.2) is 77.2 Å². The van der Waals surface area contributed by atoms with Crippen LogP contribution in [0.3, 0.4) is 0 Å². The molecule has 0 aliphatic carbocycles. The second kappa shape index (κ2) is 6.60. The fraction of sp³-hybridized carbons (Fsp3) is 0. The number of hydrogen-bond donors (Lipinski definition) is 0. The number of nitriles is 2. The molecule has 0 fully saturated rings. The van der Waals surface area contributed by atoms with Crippen molar-refractivity contribution >= 4 is 22.1 Å². The minimum atomic E-state index is -0.0492. The lowest BCUT2D eigenvalue weighted by atomic mass is 9.94. The van der Waals surface area contributed by atoms with Crippen molar-refractivity contribution in [1.29, 1.82) is 10.5 Å². The average molecular weight is 372 g/mol. The number of benzene rings is 3. The molecule has 0 aliphatic rings. The Hall–Kier alpha value is -4.48. The number of rotatable bonds is 2. The minimum absolute atomic E-state index is 0.0492. The second-order valence-electron chi connectivity index (χ2n) is 6.52. The third-order valence-electron chi connectivity index (χ3n) is 4.84. The normalized spacial score (nSPS) is 10.7. The monoisotopic (exact) mass is 372 g/mol. The Labute approximate surface area is 166 Å². The van der Waals surface area contributed by atoms with Crippen LogP contribution < -0.4 is 0 Å². The van der Waals surface area contributed by atoms with E-state index in [1.165, 1.54) is 0 Å². The number of nitrogens with zero attached hydrogens (tertiary/aromatic N) is 4. The topological polar surface area (TPSA) is 86.5 Å². The van der Waals surface area contributed by atoms with Crippen LogP contribution in [0.25, 0.3) is 44.3 Å². The lowest BCUT2D eigenvalue weighted by Crippen LogP contribution is -1.93. The number of aromatic nitrogens is 2. The summed E-state index contributed by atoms with van der Waals surface area (Å²) in [6, 6.07) is 28.1. The first-order valence-electron chi connectivity index (χ1n) is 8.98. The van der Waals surface area contributed by atoms with E-state index < -0.39 is 0 Å². The highest BCUT2D eigenvalue weighted by Gasteiger charge is 2.17. The molecule has 0 unspecified atom stereocenters. The molecule has 0 saturated heterocycles. The molecule has 0 atom stereocenters. The van der Waals surface area contributed by atoms with Crippen molar-refractivity contribution in [2.45, 2.75) is 0 Å². The van der Waals surface area contributed by atoms with Gasteiger partial charge in [0.05, 0.1) is 0 Å². The number of furan rings is 1. The van der Waals surface area contributed by atoms with Crippen LogP contribution in [0.1, 0.15) is 11.5 Å². The molecule has 0 bridgehead atoms. The molecule has 0 radical (unpaired) electrons. The standard InChI is InChI=1S/C24H12N4O/c25-13-20-24-23(28-22(14-26)27-20)19-12-16(10-11-21(19)29-24)18-9-5-4-8-17(18)15-6-2-1-3-7-15/h1-12H. The molecule has 0 N–H and O–H groups in total. The summed E-state index contributed by atoms with van der Waals surface area (Å²) in [4.78, 5) is 8.23.